The maximum Gasteiger partial charge on any atom is 0.319 e. The van der Waals surface area contributed by atoms with E-state index in [2.05, 4.69) is 15.6 Å². The topological polar surface area (TPSA) is 71.8 Å². The summed E-state index contributed by atoms with van der Waals surface area (Å²) < 4.78 is 15.2. The summed E-state index contributed by atoms with van der Waals surface area (Å²) in [7, 11) is 0. The van der Waals surface area contributed by atoms with Crippen LogP contribution < -0.4 is 10.6 Å². The second-order valence-corrected chi connectivity index (χ2v) is 6.69. The number of aryl methyl sites for hydroxylation is 1. The van der Waals surface area contributed by atoms with E-state index >= 15 is 0 Å². The first-order chi connectivity index (χ1) is 14.1. The standard InChI is InChI=1S/C22H20FN5O/c1-15-7-9-16(10-8-15)20-27-19-6-3-11-24-21(19)28(20)13-12-25-22(29)26-18-5-2-4-17(23)14-18/h2-11,14H,12-13H2,1H3,(H2,25,26,29). The van der Waals surface area contributed by atoms with Gasteiger partial charge in [-0.2, -0.15) is 0 Å². The van der Waals surface area contributed by atoms with Crippen LogP contribution in [0, 0.1) is 12.7 Å². The van der Waals surface area contributed by atoms with Crippen molar-refractivity contribution >= 4 is 22.9 Å². The molecule has 0 saturated heterocycles. The van der Waals surface area contributed by atoms with Crippen LogP contribution in [0.5, 0.6) is 0 Å². The molecule has 0 fully saturated rings. The van der Waals surface area contributed by atoms with Crippen molar-refractivity contribution in [1.29, 1.82) is 0 Å². The number of pyridine rings is 1. The lowest BCUT2D eigenvalue weighted by Crippen LogP contribution is -2.31. The number of amides is 2. The number of imidazole rings is 1. The molecule has 0 aliphatic rings. The van der Waals surface area contributed by atoms with Crippen LogP contribution in [-0.2, 0) is 6.54 Å². The molecule has 0 bridgehead atoms. The van der Waals surface area contributed by atoms with Crippen molar-refractivity contribution in [3.05, 3.63) is 78.2 Å². The van der Waals surface area contributed by atoms with Crippen molar-refractivity contribution in [2.45, 2.75) is 13.5 Å². The van der Waals surface area contributed by atoms with Crippen molar-refractivity contribution in [3.63, 3.8) is 0 Å². The maximum atomic E-state index is 13.2. The first kappa shape index (κ1) is 18.6. The summed E-state index contributed by atoms with van der Waals surface area (Å²) in [5.74, 6) is 0.396. The van der Waals surface area contributed by atoms with Crippen LogP contribution in [0.3, 0.4) is 0 Å². The number of urea groups is 1. The van der Waals surface area contributed by atoms with Gasteiger partial charge in [0.2, 0.25) is 0 Å². The van der Waals surface area contributed by atoms with E-state index < -0.39 is 11.8 Å². The fourth-order valence-electron chi connectivity index (χ4n) is 3.12. The Kier molecular flexibility index (Phi) is 5.20. The Labute approximate surface area is 167 Å². The molecule has 7 heteroatoms. The van der Waals surface area contributed by atoms with Crippen molar-refractivity contribution in [2.75, 3.05) is 11.9 Å². The second-order valence-electron chi connectivity index (χ2n) is 6.69. The molecule has 0 unspecified atom stereocenters. The van der Waals surface area contributed by atoms with Gasteiger partial charge in [-0.05, 0) is 37.3 Å². The largest absolute Gasteiger partial charge is 0.336 e. The van der Waals surface area contributed by atoms with E-state index in [1.54, 1.807) is 18.3 Å². The third-order valence-electron chi connectivity index (χ3n) is 4.52. The molecule has 2 N–H and O–H groups in total. The zero-order valence-corrected chi connectivity index (χ0v) is 15.9. The first-order valence-corrected chi connectivity index (χ1v) is 9.29. The van der Waals surface area contributed by atoms with Gasteiger partial charge < -0.3 is 15.2 Å². The molecule has 6 nitrogen and oxygen atoms in total. The molecule has 0 atom stereocenters. The molecule has 0 radical (unpaired) electrons. The molecule has 2 aromatic carbocycles. The average Bonchev–Trinajstić information content (AvgIpc) is 3.07. The second kappa shape index (κ2) is 8.10. The Morgan fingerprint density at radius 3 is 2.72 bits per heavy atom. The molecule has 0 spiro atoms. The van der Waals surface area contributed by atoms with Gasteiger partial charge in [-0.25, -0.2) is 19.2 Å². The minimum atomic E-state index is -0.401. The van der Waals surface area contributed by atoms with E-state index in [4.69, 9.17) is 4.98 Å². The van der Waals surface area contributed by atoms with Gasteiger partial charge in [0.05, 0.1) is 0 Å². The molecule has 0 aliphatic heterocycles. The number of aromatic nitrogens is 3. The Morgan fingerprint density at radius 2 is 1.93 bits per heavy atom. The molecule has 29 heavy (non-hydrogen) atoms. The number of benzene rings is 2. The van der Waals surface area contributed by atoms with E-state index in [1.165, 1.54) is 17.7 Å². The molecule has 0 saturated carbocycles. The predicted octanol–water partition coefficient (Wildman–Crippen LogP) is 4.37. The number of halogens is 1. The van der Waals surface area contributed by atoms with Crippen LogP contribution in [0.1, 0.15) is 5.56 Å². The molecule has 4 aromatic rings. The number of carbonyl (C=O) groups is 1. The molecule has 146 valence electrons. The molecular formula is C22H20FN5O. The lowest BCUT2D eigenvalue weighted by atomic mass is 10.1. The third kappa shape index (κ3) is 4.24. The quantitative estimate of drug-likeness (QED) is 0.532. The lowest BCUT2D eigenvalue weighted by Gasteiger charge is -2.11. The van der Waals surface area contributed by atoms with Gasteiger partial charge in [-0.1, -0.05) is 35.9 Å². The van der Waals surface area contributed by atoms with Crippen molar-refractivity contribution in [3.8, 4) is 11.4 Å². The molecule has 2 aromatic heterocycles. The normalized spacial score (nSPS) is 10.8. The highest BCUT2D eigenvalue weighted by molar-refractivity contribution is 5.89. The SMILES string of the molecule is Cc1ccc(-c2nc3cccnc3n2CCNC(=O)Nc2cccc(F)c2)cc1. The van der Waals surface area contributed by atoms with Gasteiger partial charge in [-0.15, -0.1) is 0 Å². The van der Waals surface area contributed by atoms with Crippen LogP contribution in [0.15, 0.2) is 66.9 Å². The van der Waals surface area contributed by atoms with Gasteiger partial charge in [0, 0.05) is 30.5 Å². The van der Waals surface area contributed by atoms with E-state index in [-0.39, 0.29) is 0 Å². The monoisotopic (exact) mass is 389 g/mol. The van der Waals surface area contributed by atoms with Crippen molar-refractivity contribution < 1.29 is 9.18 Å². The van der Waals surface area contributed by atoms with Crippen molar-refractivity contribution in [1.82, 2.24) is 19.9 Å². The molecule has 2 amide bonds. The number of anilines is 1. The summed E-state index contributed by atoms with van der Waals surface area (Å²) in [6.07, 6.45) is 1.73. The third-order valence-corrected chi connectivity index (χ3v) is 4.52. The average molecular weight is 389 g/mol. The minimum Gasteiger partial charge on any atom is -0.336 e. The van der Waals surface area contributed by atoms with Crippen LogP contribution in [0.4, 0.5) is 14.9 Å². The number of nitrogens with one attached hydrogen (secondary N) is 2. The smallest absolute Gasteiger partial charge is 0.319 e. The number of carbonyl (C=O) groups excluding carboxylic acids is 1. The highest BCUT2D eigenvalue weighted by Gasteiger charge is 2.13. The highest BCUT2D eigenvalue weighted by Crippen LogP contribution is 2.23. The summed E-state index contributed by atoms with van der Waals surface area (Å²) in [6.45, 7) is 2.89. The zero-order chi connectivity index (χ0) is 20.2. The Bertz CT molecular complexity index is 1150. The van der Waals surface area contributed by atoms with E-state index in [0.717, 1.165) is 22.6 Å². The summed E-state index contributed by atoms with van der Waals surface area (Å²) >= 11 is 0. The molecule has 0 aliphatic carbocycles. The van der Waals surface area contributed by atoms with Crippen LogP contribution in [0.2, 0.25) is 0 Å². The van der Waals surface area contributed by atoms with Gasteiger partial charge in [0.25, 0.3) is 0 Å². The highest BCUT2D eigenvalue weighted by atomic mass is 19.1. The molecule has 2 heterocycles. The summed E-state index contributed by atoms with van der Waals surface area (Å²) in [5, 5.41) is 5.41. The summed E-state index contributed by atoms with van der Waals surface area (Å²) in [5.41, 5.74) is 4.11. The first-order valence-electron chi connectivity index (χ1n) is 9.29. The number of nitrogens with zero attached hydrogens (tertiary/aromatic N) is 3. The number of fused-ring (bicyclic) bond motifs is 1. The molecular weight excluding hydrogens is 369 g/mol. The Morgan fingerprint density at radius 1 is 1.10 bits per heavy atom. The zero-order valence-electron chi connectivity index (χ0n) is 15.9. The minimum absolute atomic E-state index is 0.363. The van der Waals surface area contributed by atoms with E-state index in [9.17, 15) is 9.18 Å². The Hall–Kier alpha value is -3.74. The van der Waals surface area contributed by atoms with E-state index in [0.29, 0.717) is 18.8 Å². The number of rotatable bonds is 5. The van der Waals surface area contributed by atoms with Crippen LogP contribution >= 0.6 is 0 Å². The fourth-order valence-corrected chi connectivity index (χ4v) is 3.12. The molecule has 4 rings (SSSR count). The van der Waals surface area contributed by atoms with Crippen LogP contribution in [-0.4, -0.2) is 27.1 Å². The Balaban J connectivity index is 1.50. The predicted molar refractivity (Wildman–Crippen MR) is 111 cm³/mol. The number of hydrogen-bond donors (Lipinski definition) is 2. The van der Waals surface area contributed by atoms with Gasteiger partial charge in [0.15, 0.2) is 5.65 Å². The summed E-state index contributed by atoms with van der Waals surface area (Å²) in [4.78, 5) is 21.3. The summed E-state index contributed by atoms with van der Waals surface area (Å²) in [6, 6.07) is 17.3. The van der Waals surface area contributed by atoms with Gasteiger partial charge >= 0.3 is 6.03 Å². The van der Waals surface area contributed by atoms with Crippen molar-refractivity contribution in [2.24, 2.45) is 0 Å². The van der Waals surface area contributed by atoms with Crippen LogP contribution in [0.25, 0.3) is 22.6 Å². The fraction of sp³-hybridized carbons (Fsp3) is 0.136. The van der Waals surface area contributed by atoms with Gasteiger partial charge in [-0.3, -0.25) is 0 Å². The maximum absolute atomic E-state index is 13.2. The van der Waals surface area contributed by atoms with E-state index in [1.807, 2.05) is 47.9 Å². The lowest BCUT2D eigenvalue weighted by molar-refractivity contribution is 0.251. The van der Waals surface area contributed by atoms with Gasteiger partial charge in [0.1, 0.15) is 17.2 Å². The number of hydrogen-bond acceptors (Lipinski definition) is 3.